The lowest BCUT2D eigenvalue weighted by molar-refractivity contribution is -0.144. The highest BCUT2D eigenvalue weighted by molar-refractivity contribution is 8.26. The standard InChI is InChI=1S/C17H11Cl2NO4S2/c1-8(16(22)23)20-15(21)14(26-17(20)25)7-10-3-5-13(24-10)11-4-2-9(18)6-12(11)19/h2-8H,1H3,(H,22,23). The summed E-state index contributed by atoms with van der Waals surface area (Å²) >= 11 is 18.2. The van der Waals surface area contributed by atoms with Crippen LogP contribution in [0.5, 0.6) is 0 Å². The van der Waals surface area contributed by atoms with Crippen molar-refractivity contribution < 1.29 is 19.1 Å². The molecule has 26 heavy (non-hydrogen) atoms. The van der Waals surface area contributed by atoms with Gasteiger partial charge in [-0.05, 0) is 37.3 Å². The summed E-state index contributed by atoms with van der Waals surface area (Å²) in [6.07, 6.45) is 1.53. The Morgan fingerprint density at radius 2 is 2.08 bits per heavy atom. The van der Waals surface area contributed by atoms with Gasteiger partial charge < -0.3 is 9.52 Å². The normalized spacial score (nSPS) is 17.2. The van der Waals surface area contributed by atoms with Crippen molar-refractivity contribution in [1.82, 2.24) is 4.90 Å². The molecule has 1 aliphatic rings. The fourth-order valence-corrected chi connectivity index (χ4v) is 4.22. The summed E-state index contributed by atoms with van der Waals surface area (Å²) in [5, 5.41) is 10.1. The lowest BCUT2D eigenvalue weighted by Crippen LogP contribution is -2.41. The number of hydrogen-bond donors (Lipinski definition) is 1. The van der Waals surface area contributed by atoms with Crippen LogP contribution in [0.1, 0.15) is 12.7 Å². The number of aliphatic carboxylic acids is 1. The fraction of sp³-hybridized carbons (Fsp3) is 0.118. The number of nitrogens with zero attached hydrogens (tertiary/aromatic N) is 1. The molecule has 134 valence electrons. The molecule has 3 rings (SSSR count). The number of hydrogen-bond acceptors (Lipinski definition) is 5. The van der Waals surface area contributed by atoms with Crippen molar-refractivity contribution in [3.8, 4) is 11.3 Å². The number of carbonyl (C=O) groups is 2. The van der Waals surface area contributed by atoms with Crippen LogP contribution in [-0.2, 0) is 9.59 Å². The zero-order valence-electron chi connectivity index (χ0n) is 13.2. The topological polar surface area (TPSA) is 70.8 Å². The van der Waals surface area contributed by atoms with Crippen LogP contribution in [-0.4, -0.2) is 32.2 Å². The summed E-state index contributed by atoms with van der Waals surface area (Å²) in [6.45, 7) is 1.41. The van der Waals surface area contributed by atoms with Gasteiger partial charge in [0.1, 0.15) is 21.9 Å². The van der Waals surface area contributed by atoms with Crippen molar-refractivity contribution in [2.75, 3.05) is 0 Å². The molecule has 5 nitrogen and oxygen atoms in total. The van der Waals surface area contributed by atoms with Gasteiger partial charge in [0, 0.05) is 16.7 Å². The molecule has 1 aromatic heterocycles. The fourth-order valence-electron chi connectivity index (χ4n) is 2.32. The van der Waals surface area contributed by atoms with Crippen molar-refractivity contribution in [1.29, 1.82) is 0 Å². The van der Waals surface area contributed by atoms with Crippen LogP contribution in [0.3, 0.4) is 0 Å². The summed E-state index contributed by atoms with van der Waals surface area (Å²) in [6, 6.07) is 7.42. The summed E-state index contributed by atoms with van der Waals surface area (Å²) in [7, 11) is 0. The minimum absolute atomic E-state index is 0.198. The van der Waals surface area contributed by atoms with Gasteiger partial charge in [-0.15, -0.1) is 0 Å². The molecule has 0 spiro atoms. The molecular weight excluding hydrogens is 417 g/mol. The Bertz CT molecular complexity index is 954. The highest BCUT2D eigenvalue weighted by atomic mass is 35.5. The van der Waals surface area contributed by atoms with Gasteiger partial charge in [0.15, 0.2) is 0 Å². The van der Waals surface area contributed by atoms with Crippen molar-refractivity contribution in [2.24, 2.45) is 0 Å². The highest BCUT2D eigenvalue weighted by Gasteiger charge is 2.38. The van der Waals surface area contributed by atoms with E-state index in [1.807, 2.05) is 0 Å². The largest absolute Gasteiger partial charge is 0.480 e. The van der Waals surface area contributed by atoms with Crippen LogP contribution >= 0.6 is 47.2 Å². The molecule has 1 fully saturated rings. The third-order valence-electron chi connectivity index (χ3n) is 3.66. The van der Waals surface area contributed by atoms with Gasteiger partial charge >= 0.3 is 5.97 Å². The van der Waals surface area contributed by atoms with E-state index in [0.29, 0.717) is 32.0 Å². The number of rotatable bonds is 4. The number of carboxylic acid groups (broad SMARTS) is 1. The molecule has 0 aliphatic carbocycles. The Balaban J connectivity index is 1.88. The lowest BCUT2D eigenvalue weighted by atomic mass is 10.2. The van der Waals surface area contributed by atoms with Gasteiger partial charge in [0.25, 0.3) is 5.91 Å². The van der Waals surface area contributed by atoms with Gasteiger partial charge in [-0.3, -0.25) is 9.69 Å². The molecule has 2 aromatic rings. The van der Waals surface area contributed by atoms with Crippen molar-refractivity contribution in [3.05, 3.63) is 51.0 Å². The molecule has 0 bridgehead atoms. The van der Waals surface area contributed by atoms with E-state index < -0.39 is 17.9 Å². The van der Waals surface area contributed by atoms with E-state index in [-0.39, 0.29) is 4.32 Å². The van der Waals surface area contributed by atoms with Crippen LogP contribution in [0.4, 0.5) is 0 Å². The van der Waals surface area contributed by atoms with E-state index in [0.717, 1.165) is 16.7 Å². The first-order chi connectivity index (χ1) is 12.3. The molecule has 0 radical (unpaired) electrons. The predicted molar refractivity (Wildman–Crippen MR) is 106 cm³/mol. The Kier molecular flexibility index (Phi) is 5.43. The third-order valence-corrected chi connectivity index (χ3v) is 5.54. The number of carbonyl (C=O) groups excluding carboxylic acids is 1. The maximum absolute atomic E-state index is 12.4. The van der Waals surface area contributed by atoms with Gasteiger partial charge in [0.2, 0.25) is 0 Å². The third kappa shape index (κ3) is 3.66. The Labute approximate surface area is 168 Å². The number of carboxylic acids is 1. The van der Waals surface area contributed by atoms with E-state index in [4.69, 9.17) is 44.9 Å². The molecule has 1 amide bonds. The zero-order chi connectivity index (χ0) is 19.0. The maximum Gasteiger partial charge on any atom is 0.326 e. The molecular formula is C17H11Cl2NO4S2. The van der Waals surface area contributed by atoms with Gasteiger partial charge in [-0.25, -0.2) is 4.79 Å². The number of thiocarbonyl (C=S) groups is 1. The van der Waals surface area contributed by atoms with E-state index in [1.165, 1.54) is 13.0 Å². The van der Waals surface area contributed by atoms with Crippen molar-refractivity contribution in [3.63, 3.8) is 0 Å². The Morgan fingerprint density at radius 1 is 1.35 bits per heavy atom. The second kappa shape index (κ2) is 7.44. The van der Waals surface area contributed by atoms with Crippen LogP contribution in [0.15, 0.2) is 39.7 Å². The summed E-state index contributed by atoms with van der Waals surface area (Å²) in [5.41, 5.74) is 0.669. The molecule has 1 N–H and O–H groups in total. The molecule has 1 unspecified atom stereocenters. The van der Waals surface area contributed by atoms with Gasteiger partial charge in [-0.2, -0.15) is 0 Å². The maximum atomic E-state index is 12.4. The number of benzene rings is 1. The minimum atomic E-state index is -1.12. The second-order valence-electron chi connectivity index (χ2n) is 5.39. The van der Waals surface area contributed by atoms with E-state index in [1.54, 1.807) is 30.3 Å². The summed E-state index contributed by atoms with van der Waals surface area (Å²) < 4.78 is 5.93. The van der Waals surface area contributed by atoms with E-state index >= 15 is 0 Å². The van der Waals surface area contributed by atoms with Crippen LogP contribution in [0, 0.1) is 0 Å². The number of halogens is 2. The quantitative estimate of drug-likeness (QED) is 0.550. The van der Waals surface area contributed by atoms with Crippen LogP contribution in [0.25, 0.3) is 17.4 Å². The first-order valence-electron chi connectivity index (χ1n) is 7.33. The number of furan rings is 1. The number of amides is 1. The smallest absolute Gasteiger partial charge is 0.326 e. The van der Waals surface area contributed by atoms with Crippen LogP contribution in [0.2, 0.25) is 10.0 Å². The van der Waals surface area contributed by atoms with E-state index in [9.17, 15) is 9.59 Å². The molecule has 0 saturated carbocycles. The zero-order valence-corrected chi connectivity index (χ0v) is 16.4. The Hall–Kier alpha value is -1.80. The van der Waals surface area contributed by atoms with Crippen molar-refractivity contribution in [2.45, 2.75) is 13.0 Å². The van der Waals surface area contributed by atoms with E-state index in [2.05, 4.69) is 0 Å². The average molecular weight is 428 g/mol. The first-order valence-corrected chi connectivity index (χ1v) is 9.31. The molecule has 1 saturated heterocycles. The molecule has 1 aromatic carbocycles. The first kappa shape index (κ1) is 19.0. The predicted octanol–water partition coefficient (Wildman–Crippen LogP) is 4.93. The number of thioether (sulfide) groups is 1. The summed E-state index contributed by atoms with van der Waals surface area (Å²) in [4.78, 5) is 25.0. The average Bonchev–Trinajstić information content (AvgIpc) is 3.12. The lowest BCUT2D eigenvalue weighted by Gasteiger charge is -2.18. The molecule has 2 heterocycles. The second-order valence-corrected chi connectivity index (χ2v) is 7.91. The highest BCUT2D eigenvalue weighted by Crippen LogP contribution is 2.36. The van der Waals surface area contributed by atoms with Crippen LogP contribution < -0.4 is 0 Å². The molecule has 1 atom stereocenters. The molecule has 9 heteroatoms. The Morgan fingerprint density at radius 3 is 2.73 bits per heavy atom. The monoisotopic (exact) mass is 427 g/mol. The summed E-state index contributed by atoms with van der Waals surface area (Å²) in [5.74, 6) is -0.639. The van der Waals surface area contributed by atoms with Crippen molar-refractivity contribution >= 4 is 69.5 Å². The van der Waals surface area contributed by atoms with Gasteiger partial charge in [0.05, 0.1) is 9.93 Å². The minimum Gasteiger partial charge on any atom is -0.480 e. The molecule has 1 aliphatic heterocycles. The SMILES string of the molecule is CC(C(=O)O)N1C(=O)C(=Cc2ccc(-c3ccc(Cl)cc3Cl)o2)SC1=S. The van der Waals surface area contributed by atoms with Gasteiger partial charge in [-0.1, -0.05) is 47.2 Å².